The van der Waals surface area contributed by atoms with E-state index in [1.807, 2.05) is 24.3 Å². The molecule has 3 saturated heterocycles. The minimum atomic E-state index is -0.444. The Hall–Kier alpha value is -2.13. The summed E-state index contributed by atoms with van der Waals surface area (Å²) in [4.78, 5) is 12.0. The molecule has 1 aromatic rings. The van der Waals surface area contributed by atoms with Gasteiger partial charge in [0, 0.05) is 37.9 Å². The number of esters is 1. The third-order valence-electron chi connectivity index (χ3n) is 7.60. The number of ether oxygens (including phenoxy) is 7. The number of carbonyl (C=O) groups is 1. The van der Waals surface area contributed by atoms with Crippen molar-refractivity contribution in [2.24, 2.45) is 11.8 Å². The number of fused-ring (bicyclic) bond motifs is 2. The van der Waals surface area contributed by atoms with Crippen molar-refractivity contribution in [1.29, 1.82) is 0 Å². The lowest BCUT2D eigenvalue weighted by molar-refractivity contribution is -0.288. The molecule has 1 aliphatic carbocycles. The van der Waals surface area contributed by atoms with Crippen molar-refractivity contribution in [2.75, 3.05) is 13.2 Å². The standard InChI is InChI=1S/C27H34O8/c28-24-15-18-17(7-5-12-26-32-19-8-1-2-9-20(19)33-26)22(16-23(18)31-24)35-27-21(10-6-14-30-27)34-25-11-3-4-13-29-25/h1-2,5,7-9,17-18,21-23,25-27H,3-4,6,10-16H2/b7-5+/t17-,18-,21-,22-,23+,25?,27?/m1/s1. The molecule has 4 fully saturated rings. The first-order valence-electron chi connectivity index (χ1n) is 13.1. The molecule has 0 N–H and O–H groups in total. The Morgan fingerprint density at radius 1 is 0.914 bits per heavy atom. The van der Waals surface area contributed by atoms with Gasteiger partial charge in [-0.25, -0.2) is 0 Å². The van der Waals surface area contributed by atoms with Crippen LogP contribution in [0.5, 0.6) is 11.5 Å². The fraction of sp³-hybridized carbons (Fsp3) is 0.667. The van der Waals surface area contributed by atoms with Gasteiger partial charge in [0.25, 0.3) is 0 Å². The Labute approximate surface area is 205 Å². The highest BCUT2D eigenvalue weighted by Crippen LogP contribution is 2.45. The Balaban J connectivity index is 1.10. The van der Waals surface area contributed by atoms with E-state index in [0.717, 1.165) is 50.2 Å². The zero-order valence-corrected chi connectivity index (χ0v) is 19.9. The Kier molecular flexibility index (Phi) is 6.96. The van der Waals surface area contributed by atoms with E-state index in [1.54, 1.807) is 0 Å². The van der Waals surface area contributed by atoms with E-state index in [-0.39, 0.29) is 48.7 Å². The summed E-state index contributed by atoms with van der Waals surface area (Å²) in [6, 6.07) is 7.69. The highest BCUT2D eigenvalue weighted by molar-refractivity contribution is 5.72. The summed E-state index contributed by atoms with van der Waals surface area (Å²) in [5.41, 5.74) is 0. The molecule has 4 heterocycles. The van der Waals surface area contributed by atoms with Crippen LogP contribution < -0.4 is 9.47 Å². The summed E-state index contributed by atoms with van der Waals surface area (Å²) in [7, 11) is 0. The van der Waals surface area contributed by atoms with Crippen LogP contribution in [0.25, 0.3) is 0 Å². The normalized spacial score (nSPS) is 37.0. The molecule has 2 unspecified atom stereocenters. The summed E-state index contributed by atoms with van der Waals surface area (Å²) in [6.45, 7) is 1.40. The maximum Gasteiger partial charge on any atom is 0.306 e. The lowest BCUT2D eigenvalue weighted by Gasteiger charge is -2.37. The molecule has 0 amide bonds. The quantitative estimate of drug-likeness (QED) is 0.421. The predicted molar refractivity (Wildman–Crippen MR) is 124 cm³/mol. The van der Waals surface area contributed by atoms with Crippen molar-refractivity contribution >= 4 is 5.97 Å². The minimum Gasteiger partial charge on any atom is -0.462 e. The number of rotatable bonds is 7. The van der Waals surface area contributed by atoms with Gasteiger partial charge in [0.15, 0.2) is 24.1 Å². The zero-order chi connectivity index (χ0) is 23.6. The molecular formula is C27H34O8. The lowest BCUT2D eigenvalue weighted by atomic mass is 9.91. The predicted octanol–water partition coefficient (Wildman–Crippen LogP) is 4.12. The van der Waals surface area contributed by atoms with E-state index in [9.17, 15) is 4.79 Å². The third-order valence-corrected chi connectivity index (χ3v) is 7.60. The van der Waals surface area contributed by atoms with Gasteiger partial charge in [-0.3, -0.25) is 4.79 Å². The molecule has 35 heavy (non-hydrogen) atoms. The van der Waals surface area contributed by atoms with Crippen LogP contribution in [-0.2, 0) is 28.5 Å². The number of hydrogen-bond donors (Lipinski definition) is 0. The molecule has 0 aromatic heterocycles. The summed E-state index contributed by atoms with van der Waals surface area (Å²) in [6.07, 6.45) is 9.50. The van der Waals surface area contributed by atoms with Gasteiger partial charge in [-0.1, -0.05) is 24.3 Å². The Bertz CT molecular complexity index is 887. The van der Waals surface area contributed by atoms with Crippen molar-refractivity contribution in [3.63, 3.8) is 0 Å². The lowest BCUT2D eigenvalue weighted by Crippen LogP contribution is -2.44. The van der Waals surface area contributed by atoms with E-state index in [0.29, 0.717) is 25.9 Å². The highest BCUT2D eigenvalue weighted by Gasteiger charge is 2.51. The van der Waals surface area contributed by atoms with E-state index in [1.165, 1.54) is 0 Å². The largest absolute Gasteiger partial charge is 0.462 e. The zero-order valence-electron chi connectivity index (χ0n) is 19.9. The second-order valence-electron chi connectivity index (χ2n) is 10.0. The first kappa shape index (κ1) is 23.3. The SMILES string of the molecule is O=C1C[C@@H]2[C@@H](/C=C/CC3Oc4ccccc4O3)[C@H](OC3OCCC[C@H]3OC3CCCCO3)C[C@@H]2O1. The molecule has 7 atom stereocenters. The van der Waals surface area contributed by atoms with Gasteiger partial charge in [0.1, 0.15) is 12.2 Å². The second kappa shape index (κ2) is 10.5. The molecule has 5 aliphatic rings. The molecule has 4 aliphatic heterocycles. The smallest absolute Gasteiger partial charge is 0.306 e. The van der Waals surface area contributed by atoms with Crippen molar-refractivity contribution in [3.05, 3.63) is 36.4 Å². The van der Waals surface area contributed by atoms with Crippen LogP contribution in [0.3, 0.4) is 0 Å². The average Bonchev–Trinajstić information content (AvgIpc) is 3.53. The van der Waals surface area contributed by atoms with Crippen molar-refractivity contribution < 1.29 is 38.0 Å². The molecule has 0 spiro atoms. The van der Waals surface area contributed by atoms with Gasteiger partial charge in [-0.2, -0.15) is 0 Å². The van der Waals surface area contributed by atoms with Crippen LogP contribution in [0.1, 0.15) is 51.4 Å². The van der Waals surface area contributed by atoms with Crippen LogP contribution in [0.2, 0.25) is 0 Å². The molecular weight excluding hydrogens is 452 g/mol. The van der Waals surface area contributed by atoms with Gasteiger partial charge in [0.05, 0.1) is 12.5 Å². The maximum atomic E-state index is 12.0. The van der Waals surface area contributed by atoms with Crippen LogP contribution >= 0.6 is 0 Å². The van der Waals surface area contributed by atoms with E-state index in [2.05, 4.69) is 12.2 Å². The topological polar surface area (TPSA) is 81.7 Å². The van der Waals surface area contributed by atoms with Crippen LogP contribution in [-0.4, -0.2) is 56.4 Å². The summed E-state index contributed by atoms with van der Waals surface area (Å²) >= 11 is 0. The second-order valence-corrected chi connectivity index (χ2v) is 10.0. The molecule has 1 aromatic carbocycles. The number of carbonyl (C=O) groups excluding carboxylic acids is 1. The number of para-hydroxylation sites is 2. The molecule has 6 rings (SSSR count). The first-order valence-corrected chi connectivity index (χ1v) is 13.1. The van der Waals surface area contributed by atoms with Gasteiger partial charge in [0.2, 0.25) is 6.29 Å². The summed E-state index contributed by atoms with van der Waals surface area (Å²) < 4.78 is 42.0. The fourth-order valence-corrected chi connectivity index (χ4v) is 5.88. The van der Waals surface area contributed by atoms with Crippen molar-refractivity contribution in [2.45, 2.75) is 88.5 Å². The van der Waals surface area contributed by atoms with Crippen LogP contribution in [0.4, 0.5) is 0 Å². The van der Waals surface area contributed by atoms with Crippen molar-refractivity contribution in [3.8, 4) is 11.5 Å². The minimum absolute atomic E-state index is 0.0485. The molecule has 1 saturated carbocycles. The Morgan fingerprint density at radius 2 is 1.74 bits per heavy atom. The van der Waals surface area contributed by atoms with Gasteiger partial charge >= 0.3 is 5.97 Å². The number of benzene rings is 1. The van der Waals surface area contributed by atoms with Gasteiger partial charge < -0.3 is 33.2 Å². The number of hydrogen-bond acceptors (Lipinski definition) is 8. The van der Waals surface area contributed by atoms with E-state index >= 15 is 0 Å². The molecule has 0 radical (unpaired) electrons. The first-order chi connectivity index (χ1) is 17.2. The fourth-order valence-electron chi connectivity index (χ4n) is 5.88. The van der Waals surface area contributed by atoms with Crippen LogP contribution in [0, 0.1) is 11.8 Å². The molecule has 0 bridgehead atoms. The summed E-state index contributed by atoms with van der Waals surface area (Å²) in [5.74, 6) is 1.57. The Morgan fingerprint density at radius 3 is 2.54 bits per heavy atom. The maximum absolute atomic E-state index is 12.0. The molecule has 8 heteroatoms. The van der Waals surface area contributed by atoms with E-state index in [4.69, 9.17) is 33.2 Å². The molecule has 190 valence electrons. The summed E-state index contributed by atoms with van der Waals surface area (Å²) in [5, 5.41) is 0. The van der Waals surface area contributed by atoms with E-state index < -0.39 is 6.29 Å². The monoisotopic (exact) mass is 486 g/mol. The highest BCUT2D eigenvalue weighted by atomic mass is 16.7. The third kappa shape index (κ3) is 5.21. The molecule has 8 nitrogen and oxygen atoms in total. The van der Waals surface area contributed by atoms with Crippen LogP contribution in [0.15, 0.2) is 36.4 Å². The van der Waals surface area contributed by atoms with Gasteiger partial charge in [-0.05, 0) is 44.2 Å². The average molecular weight is 487 g/mol. The van der Waals surface area contributed by atoms with Crippen molar-refractivity contribution in [1.82, 2.24) is 0 Å². The van der Waals surface area contributed by atoms with Gasteiger partial charge in [-0.15, -0.1) is 0 Å².